The summed E-state index contributed by atoms with van der Waals surface area (Å²) in [5.41, 5.74) is 1.93. The van der Waals surface area contributed by atoms with Gasteiger partial charge in [0.15, 0.2) is 0 Å². The van der Waals surface area contributed by atoms with Crippen molar-refractivity contribution < 1.29 is 9.90 Å². The number of thiazole rings is 1. The maximum Gasteiger partial charge on any atom is 0.407 e. The number of piperazine rings is 1. The molecule has 0 radical (unpaired) electrons. The average Bonchev–Trinajstić information content (AvgIpc) is 3.25. The Balaban J connectivity index is 1.35. The maximum absolute atomic E-state index is 11.0. The number of hydrogen-bond acceptors (Lipinski definition) is 7. The minimum absolute atomic E-state index is 0.545. The average molecular weight is 396 g/mol. The van der Waals surface area contributed by atoms with Gasteiger partial charge >= 0.3 is 6.09 Å². The van der Waals surface area contributed by atoms with Crippen LogP contribution in [0.2, 0.25) is 0 Å². The normalized spacial score (nSPS) is 14.8. The zero-order valence-corrected chi connectivity index (χ0v) is 16.0. The second-order valence-electron chi connectivity index (χ2n) is 6.47. The van der Waals surface area contributed by atoms with E-state index < -0.39 is 6.09 Å². The van der Waals surface area contributed by atoms with E-state index in [9.17, 15) is 4.79 Å². The van der Waals surface area contributed by atoms with Gasteiger partial charge in [-0.2, -0.15) is 0 Å². The minimum atomic E-state index is -0.843. The van der Waals surface area contributed by atoms with Crippen molar-refractivity contribution in [3.63, 3.8) is 0 Å². The highest BCUT2D eigenvalue weighted by atomic mass is 32.1. The van der Waals surface area contributed by atoms with Crippen LogP contribution in [0.1, 0.15) is 5.56 Å². The number of nitrogens with one attached hydrogen (secondary N) is 1. The van der Waals surface area contributed by atoms with Crippen LogP contribution in [0.4, 0.5) is 16.4 Å². The van der Waals surface area contributed by atoms with Gasteiger partial charge in [0.1, 0.15) is 22.3 Å². The molecule has 144 valence electrons. The number of aromatic nitrogens is 3. The fourth-order valence-corrected chi connectivity index (χ4v) is 3.66. The Kier molecular flexibility index (Phi) is 5.45. The van der Waals surface area contributed by atoms with Crippen LogP contribution in [0, 0.1) is 0 Å². The Labute approximate surface area is 166 Å². The van der Waals surface area contributed by atoms with Gasteiger partial charge in [-0.15, -0.1) is 11.3 Å². The fourth-order valence-electron chi connectivity index (χ4n) is 3.05. The second kappa shape index (κ2) is 8.32. The first-order valence-electron chi connectivity index (χ1n) is 8.96. The van der Waals surface area contributed by atoms with Gasteiger partial charge < -0.3 is 15.3 Å². The van der Waals surface area contributed by atoms with Crippen molar-refractivity contribution in [2.75, 3.05) is 31.5 Å². The minimum Gasteiger partial charge on any atom is -0.465 e. The van der Waals surface area contributed by atoms with E-state index in [1.54, 1.807) is 17.5 Å². The molecule has 0 bridgehead atoms. The molecule has 0 aromatic carbocycles. The number of rotatable bonds is 5. The van der Waals surface area contributed by atoms with Crippen molar-refractivity contribution in [2.24, 2.45) is 0 Å². The number of pyridine rings is 2. The van der Waals surface area contributed by atoms with Gasteiger partial charge in [0, 0.05) is 50.5 Å². The number of carbonyl (C=O) groups is 1. The van der Waals surface area contributed by atoms with Gasteiger partial charge in [0.25, 0.3) is 0 Å². The summed E-state index contributed by atoms with van der Waals surface area (Å²) in [5, 5.41) is 15.1. The molecule has 0 unspecified atom stereocenters. The van der Waals surface area contributed by atoms with Crippen LogP contribution in [0.3, 0.4) is 0 Å². The molecule has 1 fully saturated rings. The molecule has 1 aliphatic heterocycles. The standard InChI is InChI=1S/C19H20N6O2S/c26-19(27)25-9-7-24(8-10-25)13-14-4-5-16(21-12-14)23-17-3-1-2-15(22-17)18-20-6-11-28-18/h1-6,11-12H,7-10,13H2,(H,26,27)(H,21,22,23). The second-order valence-corrected chi connectivity index (χ2v) is 7.36. The van der Waals surface area contributed by atoms with Crippen LogP contribution in [0.15, 0.2) is 48.1 Å². The largest absolute Gasteiger partial charge is 0.465 e. The highest BCUT2D eigenvalue weighted by Crippen LogP contribution is 2.22. The Morgan fingerprint density at radius 1 is 1.11 bits per heavy atom. The molecule has 9 heteroatoms. The Bertz CT molecular complexity index is 924. The number of anilines is 2. The topological polar surface area (TPSA) is 94.5 Å². The molecule has 28 heavy (non-hydrogen) atoms. The van der Waals surface area contributed by atoms with Crippen LogP contribution >= 0.6 is 11.3 Å². The number of nitrogens with zero attached hydrogens (tertiary/aromatic N) is 5. The molecule has 8 nitrogen and oxygen atoms in total. The van der Waals surface area contributed by atoms with Gasteiger partial charge in [-0.05, 0) is 23.8 Å². The fraction of sp³-hybridized carbons (Fsp3) is 0.263. The van der Waals surface area contributed by atoms with Crippen molar-refractivity contribution in [2.45, 2.75) is 6.54 Å². The van der Waals surface area contributed by atoms with Crippen molar-refractivity contribution in [1.29, 1.82) is 0 Å². The predicted octanol–water partition coefficient (Wildman–Crippen LogP) is 3.14. The van der Waals surface area contributed by atoms with Crippen molar-refractivity contribution in [3.8, 4) is 10.7 Å². The lowest BCUT2D eigenvalue weighted by Crippen LogP contribution is -2.47. The molecule has 3 aromatic heterocycles. The first-order valence-corrected chi connectivity index (χ1v) is 9.84. The third-order valence-electron chi connectivity index (χ3n) is 4.53. The summed E-state index contributed by atoms with van der Waals surface area (Å²) in [7, 11) is 0. The van der Waals surface area contributed by atoms with E-state index in [0.717, 1.165) is 47.5 Å². The molecule has 0 spiro atoms. The van der Waals surface area contributed by atoms with E-state index in [2.05, 4.69) is 25.2 Å². The summed E-state index contributed by atoms with van der Waals surface area (Å²) in [5.74, 6) is 1.45. The molecule has 4 rings (SSSR count). The maximum atomic E-state index is 11.0. The van der Waals surface area contributed by atoms with Crippen molar-refractivity contribution in [1.82, 2.24) is 24.8 Å². The zero-order valence-electron chi connectivity index (χ0n) is 15.2. The molecular weight excluding hydrogens is 376 g/mol. The molecule has 4 heterocycles. The molecule has 0 atom stereocenters. The van der Waals surface area contributed by atoms with Crippen LogP contribution < -0.4 is 5.32 Å². The van der Waals surface area contributed by atoms with Crippen LogP contribution in [0.25, 0.3) is 10.7 Å². The lowest BCUT2D eigenvalue weighted by molar-refractivity contribution is 0.103. The van der Waals surface area contributed by atoms with Gasteiger partial charge in [-0.25, -0.2) is 19.7 Å². The molecule has 1 aliphatic rings. The summed E-state index contributed by atoms with van der Waals surface area (Å²) in [6, 6.07) is 9.74. The quantitative estimate of drug-likeness (QED) is 0.684. The van der Waals surface area contributed by atoms with Crippen molar-refractivity contribution in [3.05, 3.63) is 53.7 Å². The van der Waals surface area contributed by atoms with E-state index in [4.69, 9.17) is 5.11 Å². The summed E-state index contributed by atoms with van der Waals surface area (Å²) >= 11 is 1.55. The Hall–Kier alpha value is -3.04. The lowest BCUT2D eigenvalue weighted by atomic mass is 10.2. The predicted molar refractivity (Wildman–Crippen MR) is 108 cm³/mol. The number of amides is 1. The SMILES string of the molecule is O=C(O)N1CCN(Cc2ccc(Nc3cccc(-c4nccs4)n3)nc2)CC1. The third-order valence-corrected chi connectivity index (χ3v) is 5.33. The Morgan fingerprint density at radius 3 is 2.64 bits per heavy atom. The van der Waals surface area contributed by atoms with E-state index in [0.29, 0.717) is 13.1 Å². The van der Waals surface area contributed by atoms with E-state index in [-0.39, 0.29) is 0 Å². The van der Waals surface area contributed by atoms with Gasteiger partial charge in [0.05, 0.1) is 0 Å². The van der Waals surface area contributed by atoms with E-state index >= 15 is 0 Å². The molecule has 2 N–H and O–H groups in total. The van der Waals surface area contributed by atoms with Gasteiger partial charge in [-0.1, -0.05) is 12.1 Å². The summed E-state index contributed by atoms with van der Waals surface area (Å²) in [6.45, 7) is 3.32. The first-order chi connectivity index (χ1) is 13.7. The number of carboxylic acid groups (broad SMARTS) is 1. The summed E-state index contributed by atoms with van der Waals surface area (Å²) in [4.78, 5) is 28.0. The zero-order chi connectivity index (χ0) is 19.3. The smallest absolute Gasteiger partial charge is 0.407 e. The van der Waals surface area contributed by atoms with Crippen LogP contribution in [0.5, 0.6) is 0 Å². The Morgan fingerprint density at radius 2 is 1.96 bits per heavy atom. The highest BCUT2D eigenvalue weighted by Gasteiger charge is 2.20. The molecule has 0 saturated carbocycles. The monoisotopic (exact) mass is 396 g/mol. The molecule has 1 saturated heterocycles. The van der Waals surface area contributed by atoms with Crippen LogP contribution in [-0.4, -0.2) is 62.1 Å². The van der Waals surface area contributed by atoms with E-state index in [1.165, 1.54) is 4.90 Å². The van der Waals surface area contributed by atoms with Crippen molar-refractivity contribution >= 4 is 29.1 Å². The summed E-state index contributed by atoms with van der Waals surface area (Å²) < 4.78 is 0. The third kappa shape index (κ3) is 4.44. The molecular formula is C19H20N6O2S. The van der Waals surface area contributed by atoms with Gasteiger partial charge in [0.2, 0.25) is 0 Å². The number of hydrogen-bond donors (Lipinski definition) is 2. The summed E-state index contributed by atoms with van der Waals surface area (Å²) in [6.07, 6.45) is 2.77. The molecule has 0 aliphatic carbocycles. The van der Waals surface area contributed by atoms with Crippen LogP contribution in [-0.2, 0) is 6.54 Å². The van der Waals surface area contributed by atoms with Gasteiger partial charge in [-0.3, -0.25) is 4.90 Å². The molecule has 3 aromatic rings. The molecule has 1 amide bonds. The highest BCUT2D eigenvalue weighted by molar-refractivity contribution is 7.13. The van der Waals surface area contributed by atoms with E-state index in [1.807, 2.05) is 41.9 Å². The lowest BCUT2D eigenvalue weighted by Gasteiger charge is -2.32. The first kappa shape index (κ1) is 18.3.